The number of aromatic nitrogens is 1. The molecule has 0 fully saturated rings. The average Bonchev–Trinajstić information content (AvgIpc) is 3.45. The first kappa shape index (κ1) is 25.8. The third kappa shape index (κ3) is 6.19. The summed E-state index contributed by atoms with van der Waals surface area (Å²) in [6.07, 6.45) is 2.59. The third-order valence-electron chi connectivity index (χ3n) is 5.64. The second-order valence-corrected chi connectivity index (χ2v) is 11.2. The van der Waals surface area contributed by atoms with Gasteiger partial charge in [0.1, 0.15) is 6.04 Å². The van der Waals surface area contributed by atoms with Crippen LogP contribution in [0.2, 0.25) is 0 Å². The van der Waals surface area contributed by atoms with Crippen LogP contribution in [0.5, 0.6) is 0 Å². The Balaban J connectivity index is 1.88. The van der Waals surface area contributed by atoms with Crippen molar-refractivity contribution >= 4 is 56.1 Å². The molecule has 2 heterocycles. The maximum Gasteiger partial charge on any atom is 0.249 e. The molecule has 182 valence electrons. The first-order chi connectivity index (χ1) is 16.1. The summed E-state index contributed by atoms with van der Waals surface area (Å²) in [5.41, 5.74) is -0.593. The minimum absolute atomic E-state index is 0.315. The van der Waals surface area contributed by atoms with Gasteiger partial charge in [0.2, 0.25) is 18.2 Å². The summed E-state index contributed by atoms with van der Waals surface area (Å²) in [5.74, 6) is -1.54. The molecule has 0 aliphatic rings. The van der Waals surface area contributed by atoms with Crippen LogP contribution in [0, 0.1) is 11.3 Å². The number of hydroxylamine groups is 2. The second-order valence-electron chi connectivity index (χ2n) is 9.16. The normalized spacial score (nSPS) is 14.3. The number of fused-ring (bicyclic) bond motifs is 1. The fourth-order valence-electron chi connectivity index (χ4n) is 3.88. The molecule has 3 rings (SSSR count). The molecule has 0 unspecified atom stereocenters. The number of rotatable bonds is 10. The molecule has 34 heavy (non-hydrogen) atoms. The number of thiazole rings is 1. The van der Waals surface area contributed by atoms with E-state index < -0.39 is 29.3 Å². The van der Waals surface area contributed by atoms with E-state index in [1.165, 1.54) is 11.3 Å². The number of thiophene rings is 1. The quantitative estimate of drug-likeness (QED) is 0.217. The van der Waals surface area contributed by atoms with E-state index in [2.05, 4.69) is 15.6 Å². The minimum Gasteiger partial charge on any atom is -0.343 e. The van der Waals surface area contributed by atoms with Crippen LogP contribution in [-0.2, 0) is 20.8 Å². The lowest BCUT2D eigenvalue weighted by Crippen LogP contribution is -2.55. The molecule has 8 nitrogen and oxygen atoms in total. The van der Waals surface area contributed by atoms with Crippen LogP contribution in [0.3, 0.4) is 0 Å². The summed E-state index contributed by atoms with van der Waals surface area (Å²) < 4.78 is 1.09. The highest BCUT2D eigenvalue weighted by Crippen LogP contribution is 2.30. The van der Waals surface area contributed by atoms with Crippen LogP contribution in [0.4, 0.5) is 5.13 Å². The molecule has 2 aromatic heterocycles. The number of carbonyl (C=O) groups is 3. The molecule has 0 saturated heterocycles. The number of benzene rings is 1. The van der Waals surface area contributed by atoms with Crippen LogP contribution in [0.15, 0.2) is 41.9 Å². The number of carbonyl (C=O) groups excluding carboxylic acids is 3. The van der Waals surface area contributed by atoms with Gasteiger partial charge in [0, 0.05) is 21.2 Å². The number of hydrogen-bond donors (Lipinski definition) is 3. The summed E-state index contributed by atoms with van der Waals surface area (Å²) in [7, 11) is 0. The first-order valence-corrected chi connectivity index (χ1v) is 12.7. The highest BCUT2D eigenvalue weighted by Gasteiger charge is 2.38. The van der Waals surface area contributed by atoms with Gasteiger partial charge in [0.05, 0.1) is 12.0 Å². The van der Waals surface area contributed by atoms with Crippen molar-refractivity contribution in [3.63, 3.8) is 0 Å². The topological polar surface area (TPSA) is 112 Å². The fraction of sp³-hybridized carbons (Fsp3) is 0.417. The van der Waals surface area contributed by atoms with Gasteiger partial charge in [-0.25, -0.2) is 10.0 Å². The van der Waals surface area contributed by atoms with E-state index in [1.54, 1.807) is 29.8 Å². The summed E-state index contributed by atoms with van der Waals surface area (Å²) in [6, 6.07) is 8.35. The lowest BCUT2D eigenvalue weighted by Gasteiger charge is -2.34. The van der Waals surface area contributed by atoms with Crippen molar-refractivity contribution in [2.24, 2.45) is 11.3 Å². The van der Waals surface area contributed by atoms with E-state index in [1.807, 2.05) is 51.1 Å². The molecular formula is C24H30N4O4S2. The predicted molar refractivity (Wildman–Crippen MR) is 135 cm³/mol. The Hall–Kier alpha value is -2.82. The fourth-order valence-corrected chi connectivity index (χ4v) is 5.53. The average molecular weight is 503 g/mol. The Morgan fingerprint density at radius 1 is 1.24 bits per heavy atom. The van der Waals surface area contributed by atoms with Crippen LogP contribution >= 0.6 is 22.7 Å². The van der Waals surface area contributed by atoms with Crippen LogP contribution in [-0.4, -0.2) is 45.6 Å². The van der Waals surface area contributed by atoms with E-state index >= 15 is 0 Å². The Kier molecular flexibility index (Phi) is 8.40. The van der Waals surface area contributed by atoms with Crippen molar-refractivity contribution in [1.29, 1.82) is 0 Å². The number of anilines is 1. The highest BCUT2D eigenvalue weighted by molar-refractivity contribution is 7.19. The molecule has 10 heteroatoms. The smallest absolute Gasteiger partial charge is 0.249 e. The second kappa shape index (κ2) is 11.1. The summed E-state index contributed by atoms with van der Waals surface area (Å²) in [4.78, 5) is 43.1. The molecule has 0 radical (unpaired) electrons. The Bertz CT molecular complexity index is 1090. The Morgan fingerprint density at radius 3 is 2.56 bits per heavy atom. The SMILES string of the molecule is CC[C@@H]([C@@H](Cc1cc2ccccc2s1)C(=O)N[C@H](C(=O)Nc1nccs1)C(C)(C)C)N(O)C=O. The molecule has 3 atom stereocenters. The van der Waals surface area contributed by atoms with Crippen LogP contribution in [0.1, 0.15) is 39.0 Å². The zero-order valence-corrected chi connectivity index (χ0v) is 21.3. The summed E-state index contributed by atoms with van der Waals surface area (Å²) >= 11 is 2.86. The van der Waals surface area contributed by atoms with Crippen molar-refractivity contribution < 1.29 is 19.6 Å². The zero-order chi connectivity index (χ0) is 24.9. The molecule has 3 N–H and O–H groups in total. The van der Waals surface area contributed by atoms with Gasteiger partial charge < -0.3 is 10.6 Å². The maximum atomic E-state index is 13.6. The molecular weight excluding hydrogens is 472 g/mol. The van der Waals surface area contributed by atoms with Crippen LogP contribution < -0.4 is 10.6 Å². The minimum atomic E-state index is -0.852. The number of amides is 3. The van der Waals surface area contributed by atoms with E-state index in [0.717, 1.165) is 15.0 Å². The molecule has 3 aromatic rings. The molecule has 0 aliphatic heterocycles. The largest absolute Gasteiger partial charge is 0.343 e. The molecule has 0 spiro atoms. The van der Waals surface area contributed by atoms with Gasteiger partial charge in [-0.1, -0.05) is 45.9 Å². The maximum absolute atomic E-state index is 13.6. The van der Waals surface area contributed by atoms with E-state index in [0.29, 0.717) is 29.4 Å². The summed E-state index contributed by atoms with van der Waals surface area (Å²) in [6.45, 7) is 7.39. The van der Waals surface area contributed by atoms with E-state index in [-0.39, 0.29) is 5.91 Å². The van der Waals surface area contributed by atoms with Gasteiger partial charge >= 0.3 is 0 Å². The van der Waals surface area contributed by atoms with Crippen molar-refractivity contribution in [2.45, 2.75) is 52.6 Å². The standard InChI is InChI=1S/C24H30N4O4S2/c1-5-18(28(32)14-29)17(13-16-12-15-8-6-7-9-19(15)34-16)21(30)26-20(24(2,3)4)22(31)27-23-25-10-11-33-23/h6-12,14,17-18,20,32H,5,13H2,1-4H3,(H,26,30)(H,25,27,31)/t17-,18+,20-/m1/s1. The summed E-state index contributed by atoms with van der Waals surface area (Å²) in [5, 5.41) is 19.7. The number of nitrogens with zero attached hydrogens (tertiary/aromatic N) is 2. The van der Waals surface area contributed by atoms with E-state index in [4.69, 9.17) is 0 Å². The van der Waals surface area contributed by atoms with Gasteiger partial charge in [-0.15, -0.1) is 22.7 Å². The number of nitrogens with one attached hydrogen (secondary N) is 2. The first-order valence-electron chi connectivity index (χ1n) is 11.0. The van der Waals surface area contributed by atoms with Gasteiger partial charge in [0.15, 0.2) is 5.13 Å². The number of hydrogen-bond acceptors (Lipinski definition) is 7. The van der Waals surface area contributed by atoms with Crippen molar-refractivity contribution in [2.75, 3.05) is 5.32 Å². The molecule has 0 bridgehead atoms. The highest BCUT2D eigenvalue weighted by atomic mass is 32.1. The zero-order valence-electron chi connectivity index (χ0n) is 19.6. The third-order valence-corrected chi connectivity index (χ3v) is 7.47. The Labute approximate surface area is 207 Å². The van der Waals surface area contributed by atoms with Gasteiger partial charge in [-0.3, -0.25) is 19.6 Å². The lowest BCUT2D eigenvalue weighted by atomic mass is 9.84. The van der Waals surface area contributed by atoms with Crippen molar-refractivity contribution in [3.05, 3.63) is 46.8 Å². The molecule has 1 aromatic carbocycles. The van der Waals surface area contributed by atoms with Crippen molar-refractivity contribution in [1.82, 2.24) is 15.4 Å². The van der Waals surface area contributed by atoms with Gasteiger partial charge in [0.25, 0.3) is 0 Å². The molecule has 0 saturated carbocycles. The van der Waals surface area contributed by atoms with E-state index in [9.17, 15) is 19.6 Å². The van der Waals surface area contributed by atoms with Crippen LogP contribution in [0.25, 0.3) is 10.1 Å². The van der Waals surface area contributed by atoms with Crippen molar-refractivity contribution in [3.8, 4) is 0 Å². The molecule has 3 amide bonds. The van der Waals surface area contributed by atoms with Gasteiger partial charge in [-0.05, 0) is 35.8 Å². The predicted octanol–water partition coefficient (Wildman–Crippen LogP) is 4.31. The Morgan fingerprint density at radius 2 is 1.97 bits per heavy atom. The molecule has 0 aliphatic carbocycles. The van der Waals surface area contributed by atoms with Gasteiger partial charge in [-0.2, -0.15) is 0 Å². The monoisotopic (exact) mass is 502 g/mol. The lowest BCUT2D eigenvalue weighted by molar-refractivity contribution is -0.168.